The molecule has 0 bridgehead atoms. The van der Waals surface area contributed by atoms with Gasteiger partial charge in [-0.25, -0.2) is 9.38 Å². The van der Waals surface area contributed by atoms with Crippen LogP contribution >= 0.6 is 24.0 Å². The zero-order valence-electron chi connectivity index (χ0n) is 15.5. The molecular formula is C20H27FIN3O2. The monoisotopic (exact) mass is 487 g/mol. The summed E-state index contributed by atoms with van der Waals surface area (Å²) in [4.78, 5) is 4.60. The number of nitrogens with one attached hydrogen (secondary N) is 2. The van der Waals surface area contributed by atoms with Crippen molar-refractivity contribution in [3.05, 3.63) is 59.3 Å². The van der Waals surface area contributed by atoms with Gasteiger partial charge in [-0.05, 0) is 42.7 Å². The molecule has 1 aromatic heterocycles. The second-order valence-corrected chi connectivity index (χ2v) is 6.62. The quantitative estimate of drug-likeness (QED) is 0.356. The predicted octanol–water partition coefficient (Wildman–Crippen LogP) is 3.66. The van der Waals surface area contributed by atoms with Gasteiger partial charge < -0.3 is 19.8 Å². The minimum absolute atomic E-state index is 0. The van der Waals surface area contributed by atoms with Crippen LogP contribution in [-0.2, 0) is 17.7 Å². The van der Waals surface area contributed by atoms with Gasteiger partial charge >= 0.3 is 0 Å². The first-order chi connectivity index (χ1) is 12.7. The summed E-state index contributed by atoms with van der Waals surface area (Å²) < 4.78 is 24.5. The van der Waals surface area contributed by atoms with E-state index in [4.69, 9.17) is 9.15 Å². The molecule has 0 amide bonds. The molecule has 1 aliphatic heterocycles. The van der Waals surface area contributed by atoms with Gasteiger partial charge in [0, 0.05) is 32.0 Å². The number of aryl methyl sites for hydroxylation is 1. The number of hydrogen-bond acceptors (Lipinski definition) is 3. The standard InChI is InChI=1S/C20H26FN3O2.HI/c1-15-4-5-16(11-19(15)21)12-23-20(24-13-17-7-10-25-14-17)22-8-6-18-3-2-9-26-18;/h2-5,9,11,17H,6-8,10,12-14H2,1H3,(H2,22,23,24);1H. The lowest BCUT2D eigenvalue weighted by Crippen LogP contribution is -2.40. The van der Waals surface area contributed by atoms with E-state index < -0.39 is 0 Å². The molecule has 2 heterocycles. The molecule has 1 atom stereocenters. The fourth-order valence-electron chi connectivity index (χ4n) is 2.82. The van der Waals surface area contributed by atoms with Crippen molar-refractivity contribution in [3.63, 3.8) is 0 Å². The van der Waals surface area contributed by atoms with Crippen LogP contribution in [0.4, 0.5) is 4.39 Å². The highest BCUT2D eigenvalue weighted by atomic mass is 127. The van der Waals surface area contributed by atoms with Crippen LogP contribution < -0.4 is 10.6 Å². The van der Waals surface area contributed by atoms with Gasteiger partial charge in [0.05, 0.1) is 19.4 Å². The van der Waals surface area contributed by atoms with Crippen molar-refractivity contribution >= 4 is 29.9 Å². The van der Waals surface area contributed by atoms with Crippen molar-refractivity contribution in [2.75, 3.05) is 26.3 Å². The van der Waals surface area contributed by atoms with Crippen LogP contribution in [0.2, 0.25) is 0 Å². The summed E-state index contributed by atoms with van der Waals surface area (Å²) in [6, 6.07) is 9.08. The zero-order valence-corrected chi connectivity index (χ0v) is 17.9. The van der Waals surface area contributed by atoms with E-state index >= 15 is 0 Å². The first-order valence-electron chi connectivity index (χ1n) is 9.08. The topological polar surface area (TPSA) is 58.8 Å². The smallest absolute Gasteiger partial charge is 0.191 e. The van der Waals surface area contributed by atoms with E-state index in [9.17, 15) is 4.39 Å². The molecule has 1 fully saturated rings. The zero-order chi connectivity index (χ0) is 18.2. The summed E-state index contributed by atoms with van der Waals surface area (Å²) in [5.74, 6) is 1.97. The third kappa shape index (κ3) is 7.14. The van der Waals surface area contributed by atoms with Gasteiger partial charge in [0.15, 0.2) is 5.96 Å². The maximum Gasteiger partial charge on any atom is 0.191 e. The van der Waals surface area contributed by atoms with Crippen molar-refractivity contribution in [3.8, 4) is 0 Å². The average Bonchev–Trinajstić information content (AvgIpc) is 3.33. The van der Waals surface area contributed by atoms with Gasteiger partial charge in [-0.3, -0.25) is 0 Å². The normalized spacial score (nSPS) is 16.8. The van der Waals surface area contributed by atoms with Gasteiger partial charge in [-0.15, -0.1) is 24.0 Å². The van der Waals surface area contributed by atoms with E-state index in [0.29, 0.717) is 24.6 Å². The highest BCUT2D eigenvalue weighted by molar-refractivity contribution is 14.0. The van der Waals surface area contributed by atoms with Crippen molar-refractivity contribution in [2.45, 2.75) is 26.3 Å². The van der Waals surface area contributed by atoms with Crippen LogP contribution in [0.25, 0.3) is 0 Å². The molecule has 0 aliphatic carbocycles. The Morgan fingerprint density at radius 2 is 2.19 bits per heavy atom. The van der Waals surface area contributed by atoms with Crippen molar-refractivity contribution < 1.29 is 13.5 Å². The van der Waals surface area contributed by atoms with Crippen LogP contribution in [-0.4, -0.2) is 32.3 Å². The lowest BCUT2D eigenvalue weighted by atomic mass is 10.1. The minimum atomic E-state index is -0.193. The summed E-state index contributed by atoms with van der Waals surface area (Å²) in [7, 11) is 0. The molecule has 2 aromatic rings. The Morgan fingerprint density at radius 3 is 2.89 bits per heavy atom. The number of benzene rings is 1. The lowest BCUT2D eigenvalue weighted by molar-refractivity contribution is 0.186. The first kappa shape index (κ1) is 21.7. The maximum atomic E-state index is 13.7. The Kier molecular flexibility index (Phi) is 9.06. The Hall–Kier alpha value is -1.61. The maximum absolute atomic E-state index is 13.7. The fourth-order valence-corrected chi connectivity index (χ4v) is 2.82. The number of halogens is 2. The van der Waals surface area contributed by atoms with Gasteiger partial charge in [-0.2, -0.15) is 0 Å². The molecule has 27 heavy (non-hydrogen) atoms. The van der Waals surface area contributed by atoms with Gasteiger partial charge in [0.25, 0.3) is 0 Å². The van der Waals surface area contributed by atoms with E-state index in [1.807, 2.05) is 18.2 Å². The number of ether oxygens (including phenoxy) is 1. The Morgan fingerprint density at radius 1 is 1.30 bits per heavy atom. The Bertz CT molecular complexity index is 716. The molecule has 0 radical (unpaired) electrons. The molecule has 7 heteroatoms. The van der Waals surface area contributed by atoms with Crippen LogP contribution in [0, 0.1) is 18.7 Å². The van der Waals surface area contributed by atoms with E-state index in [0.717, 1.165) is 49.9 Å². The molecule has 1 aliphatic rings. The van der Waals surface area contributed by atoms with Gasteiger partial charge in [0.2, 0.25) is 0 Å². The Balaban J connectivity index is 0.00000261. The summed E-state index contributed by atoms with van der Waals surface area (Å²) in [5, 5.41) is 6.70. The molecule has 1 aromatic carbocycles. The molecule has 148 valence electrons. The largest absolute Gasteiger partial charge is 0.469 e. The third-order valence-electron chi connectivity index (χ3n) is 4.48. The van der Waals surface area contributed by atoms with Gasteiger partial charge in [-0.1, -0.05) is 12.1 Å². The molecule has 3 rings (SSSR count). The number of guanidine groups is 1. The number of nitrogens with zero attached hydrogens (tertiary/aromatic N) is 1. The summed E-state index contributed by atoms with van der Waals surface area (Å²) >= 11 is 0. The van der Waals surface area contributed by atoms with Crippen molar-refractivity contribution in [2.24, 2.45) is 10.9 Å². The average molecular weight is 487 g/mol. The number of aliphatic imine (C=N–C) groups is 1. The van der Waals surface area contributed by atoms with Crippen LogP contribution in [0.1, 0.15) is 23.3 Å². The highest BCUT2D eigenvalue weighted by Crippen LogP contribution is 2.11. The number of furan rings is 1. The number of rotatable bonds is 7. The first-order valence-corrected chi connectivity index (χ1v) is 9.08. The summed E-state index contributed by atoms with van der Waals surface area (Å²) in [6.07, 6.45) is 3.52. The van der Waals surface area contributed by atoms with E-state index in [1.54, 1.807) is 25.3 Å². The molecule has 0 spiro atoms. The number of hydrogen-bond donors (Lipinski definition) is 2. The molecule has 5 nitrogen and oxygen atoms in total. The van der Waals surface area contributed by atoms with Crippen molar-refractivity contribution in [1.82, 2.24) is 10.6 Å². The molecule has 1 saturated heterocycles. The van der Waals surface area contributed by atoms with Crippen LogP contribution in [0.15, 0.2) is 46.0 Å². The SMILES string of the molecule is Cc1ccc(CN=C(NCCc2ccco2)NCC2CCOC2)cc1F.I. The van der Waals surface area contributed by atoms with Gasteiger partial charge in [0.1, 0.15) is 11.6 Å². The molecule has 2 N–H and O–H groups in total. The summed E-state index contributed by atoms with van der Waals surface area (Å²) in [6.45, 7) is 5.32. The fraction of sp³-hybridized carbons (Fsp3) is 0.450. The van der Waals surface area contributed by atoms with E-state index in [-0.39, 0.29) is 29.8 Å². The van der Waals surface area contributed by atoms with E-state index in [2.05, 4.69) is 15.6 Å². The second kappa shape index (κ2) is 11.3. The minimum Gasteiger partial charge on any atom is -0.469 e. The lowest BCUT2D eigenvalue weighted by Gasteiger charge is -2.15. The Labute approximate surface area is 176 Å². The van der Waals surface area contributed by atoms with Crippen molar-refractivity contribution in [1.29, 1.82) is 0 Å². The highest BCUT2D eigenvalue weighted by Gasteiger charge is 2.15. The third-order valence-corrected chi connectivity index (χ3v) is 4.48. The van der Waals surface area contributed by atoms with Crippen LogP contribution in [0.5, 0.6) is 0 Å². The second-order valence-electron chi connectivity index (χ2n) is 6.62. The molecular weight excluding hydrogens is 460 g/mol. The molecule has 1 unspecified atom stereocenters. The summed E-state index contributed by atoms with van der Waals surface area (Å²) in [5.41, 5.74) is 1.50. The predicted molar refractivity (Wildman–Crippen MR) is 115 cm³/mol. The molecule has 0 saturated carbocycles. The van der Waals surface area contributed by atoms with E-state index in [1.165, 1.54) is 0 Å². The van der Waals surface area contributed by atoms with Crippen LogP contribution in [0.3, 0.4) is 0 Å².